The van der Waals surface area contributed by atoms with Crippen LogP contribution in [0, 0.1) is 0 Å². The first-order chi connectivity index (χ1) is 7.83. The van der Waals surface area contributed by atoms with Crippen molar-refractivity contribution in [3.8, 4) is 11.3 Å². The Hall–Kier alpha value is -2.29. The second-order valence-electron chi connectivity index (χ2n) is 3.78. The minimum absolute atomic E-state index is 0.677. The summed E-state index contributed by atoms with van der Waals surface area (Å²) < 4.78 is 0. The highest BCUT2D eigenvalue weighted by molar-refractivity contribution is 5.85. The lowest BCUT2D eigenvalue weighted by Crippen LogP contribution is -1.87. The van der Waals surface area contributed by atoms with Crippen LogP contribution in [0.1, 0.15) is 0 Å². The Morgan fingerprint density at radius 2 is 1.94 bits per heavy atom. The summed E-state index contributed by atoms with van der Waals surface area (Å²) in [6.07, 6.45) is 3.45. The van der Waals surface area contributed by atoms with Crippen LogP contribution in [0.25, 0.3) is 22.2 Å². The third kappa shape index (κ3) is 1.42. The van der Waals surface area contributed by atoms with Gasteiger partial charge in [-0.25, -0.2) is 0 Å². The van der Waals surface area contributed by atoms with Gasteiger partial charge in [0, 0.05) is 34.6 Å². The molecule has 0 spiro atoms. The molecule has 78 valence electrons. The molecule has 0 radical (unpaired) electrons. The van der Waals surface area contributed by atoms with Crippen molar-refractivity contribution < 1.29 is 0 Å². The van der Waals surface area contributed by atoms with E-state index in [2.05, 4.69) is 28.2 Å². The van der Waals surface area contributed by atoms with E-state index in [1.807, 2.05) is 18.2 Å². The Morgan fingerprint density at radius 1 is 1.06 bits per heavy atom. The summed E-state index contributed by atoms with van der Waals surface area (Å²) in [7, 11) is 0. The van der Waals surface area contributed by atoms with Crippen molar-refractivity contribution in [1.82, 2.24) is 9.97 Å². The molecule has 16 heavy (non-hydrogen) atoms. The zero-order chi connectivity index (χ0) is 11.0. The topological polar surface area (TPSA) is 54.7 Å². The van der Waals surface area contributed by atoms with Crippen molar-refractivity contribution >= 4 is 16.6 Å². The first-order valence-corrected chi connectivity index (χ1v) is 5.11. The van der Waals surface area contributed by atoms with Crippen molar-refractivity contribution in [3.63, 3.8) is 0 Å². The van der Waals surface area contributed by atoms with E-state index in [1.54, 1.807) is 12.4 Å². The molecule has 0 aliphatic carbocycles. The van der Waals surface area contributed by atoms with Gasteiger partial charge in [0.25, 0.3) is 0 Å². The molecule has 0 fully saturated rings. The van der Waals surface area contributed by atoms with Gasteiger partial charge in [0.2, 0.25) is 0 Å². The highest BCUT2D eigenvalue weighted by Crippen LogP contribution is 2.24. The number of nitrogen functional groups attached to an aromatic ring is 1. The van der Waals surface area contributed by atoms with Crippen molar-refractivity contribution in [2.75, 3.05) is 5.73 Å². The summed E-state index contributed by atoms with van der Waals surface area (Å²) in [5.74, 6) is 0. The van der Waals surface area contributed by atoms with Crippen molar-refractivity contribution in [3.05, 3.63) is 48.8 Å². The van der Waals surface area contributed by atoms with E-state index >= 15 is 0 Å². The number of hydrogen-bond acceptors (Lipinski definition) is 2. The number of anilines is 1. The van der Waals surface area contributed by atoms with Gasteiger partial charge in [-0.3, -0.25) is 4.98 Å². The number of nitrogens with two attached hydrogens (primary N) is 1. The van der Waals surface area contributed by atoms with E-state index in [9.17, 15) is 0 Å². The van der Waals surface area contributed by atoms with Crippen LogP contribution in [0.5, 0.6) is 0 Å². The molecule has 0 saturated heterocycles. The summed E-state index contributed by atoms with van der Waals surface area (Å²) >= 11 is 0. The largest absolute Gasteiger partial charge is 0.397 e. The van der Waals surface area contributed by atoms with E-state index in [1.165, 1.54) is 5.39 Å². The molecule has 3 nitrogen and oxygen atoms in total. The Kier molecular flexibility index (Phi) is 1.90. The third-order valence-corrected chi connectivity index (χ3v) is 2.60. The normalized spacial score (nSPS) is 10.8. The molecule has 0 bridgehead atoms. The number of hydrogen-bond donors (Lipinski definition) is 2. The van der Waals surface area contributed by atoms with Crippen LogP contribution >= 0.6 is 0 Å². The molecular formula is C13H11N3. The number of pyridine rings is 1. The first kappa shape index (κ1) is 8.97. The van der Waals surface area contributed by atoms with E-state index in [4.69, 9.17) is 5.73 Å². The number of fused-ring (bicyclic) bond motifs is 1. The molecule has 0 aliphatic heterocycles. The average Bonchev–Trinajstić information content (AvgIpc) is 2.72. The number of aromatic amines is 1. The second-order valence-corrected chi connectivity index (χ2v) is 3.78. The van der Waals surface area contributed by atoms with Crippen LogP contribution in [-0.4, -0.2) is 9.97 Å². The van der Waals surface area contributed by atoms with Gasteiger partial charge in [0.1, 0.15) is 0 Å². The molecule has 0 saturated carbocycles. The van der Waals surface area contributed by atoms with Crippen molar-refractivity contribution in [2.24, 2.45) is 0 Å². The molecule has 0 unspecified atom stereocenters. The lowest BCUT2D eigenvalue weighted by molar-refractivity contribution is 1.32. The SMILES string of the molecule is Nc1cncc(-c2cc3ccccc3[nH]2)c1. The van der Waals surface area contributed by atoms with Gasteiger partial charge in [0.05, 0.1) is 5.69 Å². The van der Waals surface area contributed by atoms with Crippen LogP contribution in [0.2, 0.25) is 0 Å². The van der Waals surface area contributed by atoms with Gasteiger partial charge in [-0.15, -0.1) is 0 Å². The molecule has 0 aliphatic rings. The number of para-hydroxylation sites is 1. The van der Waals surface area contributed by atoms with Gasteiger partial charge in [-0.2, -0.15) is 0 Å². The molecule has 2 aromatic heterocycles. The van der Waals surface area contributed by atoms with E-state index in [0.29, 0.717) is 5.69 Å². The van der Waals surface area contributed by atoms with Crippen LogP contribution in [-0.2, 0) is 0 Å². The highest BCUT2D eigenvalue weighted by Gasteiger charge is 2.02. The fraction of sp³-hybridized carbons (Fsp3) is 0. The van der Waals surface area contributed by atoms with Gasteiger partial charge < -0.3 is 10.7 Å². The van der Waals surface area contributed by atoms with Crippen LogP contribution < -0.4 is 5.73 Å². The van der Waals surface area contributed by atoms with Gasteiger partial charge >= 0.3 is 0 Å². The molecule has 0 atom stereocenters. The standard InChI is InChI=1S/C13H11N3/c14-11-5-10(7-15-8-11)13-6-9-3-1-2-4-12(9)16-13/h1-8,16H,14H2. The summed E-state index contributed by atoms with van der Waals surface area (Å²) in [6, 6.07) is 12.2. The number of nitrogens with zero attached hydrogens (tertiary/aromatic N) is 1. The maximum Gasteiger partial charge on any atom is 0.0507 e. The number of rotatable bonds is 1. The summed E-state index contributed by atoms with van der Waals surface area (Å²) in [5.41, 5.74) is 9.57. The van der Waals surface area contributed by atoms with Crippen LogP contribution in [0.3, 0.4) is 0 Å². The van der Waals surface area contributed by atoms with Crippen LogP contribution in [0.15, 0.2) is 48.8 Å². The molecule has 3 heteroatoms. The summed E-state index contributed by atoms with van der Waals surface area (Å²) in [5, 5.41) is 1.19. The van der Waals surface area contributed by atoms with Gasteiger partial charge in [-0.05, 0) is 18.2 Å². The molecular weight excluding hydrogens is 198 g/mol. The predicted molar refractivity (Wildman–Crippen MR) is 65.9 cm³/mol. The molecule has 3 aromatic rings. The molecule has 2 heterocycles. The minimum atomic E-state index is 0.677. The Bertz CT molecular complexity index is 607. The number of benzene rings is 1. The van der Waals surface area contributed by atoms with E-state index in [-0.39, 0.29) is 0 Å². The monoisotopic (exact) mass is 209 g/mol. The number of aromatic nitrogens is 2. The smallest absolute Gasteiger partial charge is 0.0507 e. The molecule has 0 amide bonds. The Morgan fingerprint density at radius 3 is 2.75 bits per heavy atom. The zero-order valence-electron chi connectivity index (χ0n) is 8.64. The first-order valence-electron chi connectivity index (χ1n) is 5.11. The Balaban J connectivity index is 2.19. The van der Waals surface area contributed by atoms with Crippen molar-refractivity contribution in [1.29, 1.82) is 0 Å². The zero-order valence-corrected chi connectivity index (χ0v) is 8.64. The lowest BCUT2D eigenvalue weighted by atomic mass is 10.2. The fourth-order valence-electron chi connectivity index (χ4n) is 1.83. The summed E-state index contributed by atoms with van der Waals surface area (Å²) in [4.78, 5) is 7.43. The second kappa shape index (κ2) is 3.38. The van der Waals surface area contributed by atoms with Gasteiger partial charge in [-0.1, -0.05) is 18.2 Å². The maximum atomic E-state index is 5.71. The lowest BCUT2D eigenvalue weighted by Gasteiger charge is -1.97. The molecule has 1 aromatic carbocycles. The Labute approximate surface area is 92.9 Å². The average molecular weight is 209 g/mol. The van der Waals surface area contributed by atoms with Crippen molar-refractivity contribution in [2.45, 2.75) is 0 Å². The highest BCUT2D eigenvalue weighted by atomic mass is 14.7. The summed E-state index contributed by atoms with van der Waals surface area (Å²) in [6.45, 7) is 0. The number of H-pyrrole nitrogens is 1. The predicted octanol–water partition coefficient (Wildman–Crippen LogP) is 2.81. The van der Waals surface area contributed by atoms with E-state index < -0.39 is 0 Å². The minimum Gasteiger partial charge on any atom is -0.397 e. The number of nitrogens with one attached hydrogen (secondary N) is 1. The molecule has 3 rings (SSSR count). The molecule has 3 N–H and O–H groups in total. The van der Waals surface area contributed by atoms with E-state index in [0.717, 1.165) is 16.8 Å². The quantitative estimate of drug-likeness (QED) is 0.647. The fourth-order valence-corrected chi connectivity index (χ4v) is 1.83. The maximum absolute atomic E-state index is 5.71. The van der Waals surface area contributed by atoms with Crippen LogP contribution in [0.4, 0.5) is 5.69 Å². The van der Waals surface area contributed by atoms with Gasteiger partial charge in [0.15, 0.2) is 0 Å². The third-order valence-electron chi connectivity index (χ3n) is 2.60.